The summed E-state index contributed by atoms with van der Waals surface area (Å²) in [6, 6.07) is -0.00296. The van der Waals surface area contributed by atoms with Gasteiger partial charge in [-0.2, -0.15) is 0 Å². The van der Waals surface area contributed by atoms with Crippen molar-refractivity contribution in [2.45, 2.75) is 57.9 Å². The molecule has 4 heteroatoms. The van der Waals surface area contributed by atoms with E-state index in [2.05, 4.69) is 5.32 Å². The Morgan fingerprint density at radius 1 is 1.05 bits per heavy atom. The van der Waals surface area contributed by atoms with E-state index in [9.17, 15) is 9.59 Å². The number of rotatable bonds is 4. The quantitative estimate of drug-likeness (QED) is 0.810. The highest BCUT2D eigenvalue weighted by molar-refractivity contribution is 5.79. The zero-order valence-corrected chi connectivity index (χ0v) is 13.1. The molecule has 2 unspecified atom stereocenters. The van der Waals surface area contributed by atoms with Crippen LogP contribution in [-0.2, 0) is 14.3 Å². The fraction of sp³-hybridized carbons (Fsp3) is 0.882. The van der Waals surface area contributed by atoms with Crippen molar-refractivity contribution in [3.63, 3.8) is 0 Å². The van der Waals surface area contributed by atoms with E-state index in [0.29, 0.717) is 18.3 Å². The van der Waals surface area contributed by atoms with Crippen LogP contribution in [0.3, 0.4) is 0 Å². The van der Waals surface area contributed by atoms with Gasteiger partial charge in [0.05, 0.1) is 13.0 Å². The molecule has 0 aromatic carbocycles. The topological polar surface area (TPSA) is 55.4 Å². The second-order valence-electron chi connectivity index (χ2n) is 7.32. The van der Waals surface area contributed by atoms with Crippen molar-refractivity contribution in [2.75, 3.05) is 7.11 Å². The van der Waals surface area contributed by atoms with E-state index in [1.165, 1.54) is 26.4 Å². The maximum absolute atomic E-state index is 12.4. The summed E-state index contributed by atoms with van der Waals surface area (Å²) in [6.07, 6.45) is 7.38. The molecule has 4 fully saturated rings. The third kappa shape index (κ3) is 2.82. The second kappa shape index (κ2) is 5.98. The third-order valence-electron chi connectivity index (χ3n) is 5.89. The van der Waals surface area contributed by atoms with Crippen LogP contribution in [0, 0.1) is 29.6 Å². The van der Waals surface area contributed by atoms with Crippen LogP contribution in [0.1, 0.15) is 51.9 Å². The highest BCUT2D eigenvalue weighted by Gasteiger charge is 2.51. The Bertz CT molecular complexity index is 408. The molecule has 4 bridgehead atoms. The van der Waals surface area contributed by atoms with E-state index in [-0.39, 0.29) is 23.8 Å². The van der Waals surface area contributed by atoms with Crippen molar-refractivity contribution in [3.8, 4) is 0 Å². The lowest BCUT2D eigenvalue weighted by Crippen LogP contribution is -2.49. The number of methoxy groups -OCH3 is 1. The fourth-order valence-corrected chi connectivity index (χ4v) is 5.29. The van der Waals surface area contributed by atoms with Gasteiger partial charge in [-0.05, 0) is 62.2 Å². The van der Waals surface area contributed by atoms with E-state index in [1.807, 2.05) is 6.92 Å². The molecular formula is C17H27NO3. The van der Waals surface area contributed by atoms with E-state index in [4.69, 9.17) is 4.74 Å². The molecule has 0 aliphatic heterocycles. The predicted octanol–water partition coefficient (Wildman–Crippen LogP) is 2.52. The summed E-state index contributed by atoms with van der Waals surface area (Å²) in [6.45, 7) is 2.01. The van der Waals surface area contributed by atoms with E-state index < -0.39 is 0 Å². The summed E-state index contributed by atoms with van der Waals surface area (Å²) in [5.41, 5.74) is 0. The van der Waals surface area contributed by atoms with Crippen LogP contribution in [0.2, 0.25) is 0 Å². The monoisotopic (exact) mass is 293 g/mol. The molecule has 4 nitrogen and oxygen atoms in total. The molecule has 0 aromatic heterocycles. The van der Waals surface area contributed by atoms with Crippen LogP contribution >= 0.6 is 0 Å². The lowest BCUT2D eigenvalue weighted by molar-refractivity contribution is -0.149. The Labute approximate surface area is 127 Å². The molecule has 118 valence electrons. The zero-order valence-electron chi connectivity index (χ0n) is 13.1. The van der Waals surface area contributed by atoms with Crippen LogP contribution in [0.5, 0.6) is 0 Å². The minimum atomic E-state index is -0.129. The largest absolute Gasteiger partial charge is 0.469 e. The van der Waals surface area contributed by atoms with Gasteiger partial charge in [0.1, 0.15) is 0 Å². The maximum atomic E-state index is 12.4. The van der Waals surface area contributed by atoms with Crippen molar-refractivity contribution in [3.05, 3.63) is 0 Å². The highest BCUT2D eigenvalue weighted by Crippen LogP contribution is 2.53. The number of hydrogen-bond acceptors (Lipinski definition) is 3. The molecule has 4 aliphatic carbocycles. The number of fused-ring (bicyclic) bond motifs is 1. The van der Waals surface area contributed by atoms with Crippen LogP contribution in [0.15, 0.2) is 0 Å². The standard InChI is InChI=1S/C17H27NO3/c1-3-4-14(19)18-16-13-8-10-5-11(9-13)7-12(6-10)15(16)17(20)21-2/h10-13,15-16H,3-9H2,1-2H3,(H,18,19)/t10-,11+,12?,13?,15-,16+/m0/s1. The molecule has 0 heterocycles. The smallest absolute Gasteiger partial charge is 0.311 e. The molecule has 4 aliphatic rings. The molecule has 6 atom stereocenters. The molecule has 0 spiro atoms. The van der Waals surface area contributed by atoms with Gasteiger partial charge < -0.3 is 10.1 Å². The van der Waals surface area contributed by atoms with Crippen LogP contribution in [0.4, 0.5) is 0 Å². The minimum absolute atomic E-state index is 0.00296. The molecule has 0 radical (unpaired) electrons. The van der Waals surface area contributed by atoms with E-state index >= 15 is 0 Å². The summed E-state index contributed by atoms with van der Waals surface area (Å²) in [5, 5.41) is 3.20. The average Bonchev–Trinajstić information content (AvgIpc) is 2.60. The Kier molecular flexibility index (Phi) is 4.23. The number of nitrogens with one attached hydrogen (secondary N) is 1. The fourth-order valence-electron chi connectivity index (χ4n) is 5.29. The summed E-state index contributed by atoms with van der Waals surface area (Å²) in [4.78, 5) is 24.5. The van der Waals surface area contributed by atoms with Gasteiger partial charge in [0.15, 0.2) is 0 Å². The molecule has 0 aromatic rings. The molecule has 4 rings (SSSR count). The first kappa shape index (κ1) is 14.9. The minimum Gasteiger partial charge on any atom is -0.469 e. The van der Waals surface area contributed by atoms with Crippen molar-refractivity contribution in [1.82, 2.24) is 5.32 Å². The Hall–Kier alpha value is -1.06. The molecule has 4 saturated carbocycles. The highest BCUT2D eigenvalue weighted by atomic mass is 16.5. The van der Waals surface area contributed by atoms with Gasteiger partial charge in [0, 0.05) is 12.5 Å². The summed E-state index contributed by atoms with van der Waals surface area (Å²) >= 11 is 0. The van der Waals surface area contributed by atoms with Crippen molar-refractivity contribution in [1.29, 1.82) is 0 Å². The van der Waals surface area contributed by atoms with Crippen molar-refractivity contribution in [2.24, 2.45) is 29.6 Å². The lowest BCUT2D eigenvalue weighted by atomic mass is 9.67. The van der Waals surface area contributed by atoms with Crippen LogP contribution in [-0.4, -0.2) is 25.0 Å². The summed E-state index contributed by atoms with van der Waals surface area (Å²) in [5.74, 6) is 2.23. The van der Waals surface area contributed by atoms with Gasteiger partial charge in [-0.3, -0.25) is 9.59 Å². The number of hydrogen-bond donors (Lipinski definition) is 1. The van der Waals surface area contributed by atoms with Crippen molar-refractivity contribution >= 4 is 11.9 Å². The first-order chi connectivity index (χ1) is 10.1. The molecule has 1 N–H and O–H groups in total. The van der Waals surface area contributed by atoms with E-state index in [1.54, 1.807) is 0 Å². The van der Waals surface area contributed by atoms with Crippen LogP contribution < -0.4 is 5.32 Å². The Balaban J connectivity index is 1.85. The Morgan fingerprint density at radius 3 is 2.24 bits per heavy atom. The van der Waals surface area contributed by atoms with Gasteiger partial charge in [0.2, 0.25) is 5.91 Å². The molecule has 21 heavy (non-hydrogen) atoms. The Morgan fingerprint density at radius 2 is 1.67 bits per heavy atom. The van der Waals surface area contributed by atoms with E-state index in [0.717, 1.165) is 31.1 Å². The van der Waals surface area contributed by atoms with Gasteiger partial charge >= 0.3 is 5.97 Å². The lowest BCUT2D eigenvalue weighted by Gasteiger charge is -2.38. The normalized spacial score (nSPS) is 40.7. The van der Waals surface area contributed by atoms with Crippen molar-refractivity contribution < 1.29 is 14.3 Å². The second-order valence-corrected chi connectivity index (χ2v) is 7.32. The van der Waals surface area contributed by atoms with Crippen LogP contribution in [0.25, 0.3) is 0 Å². The number of esters is 1. The number of carbonyl (C=O) groups excluding carboxylic acids is 2. The van der Waals surface area contributed by atoms with Gasteiger partial charge in [-0.15, -0.1) is 0 Å². The summed E-state index contributed by atoms with van der Waals surface area (Å²) in [7, 11) is 1.48. The number of ether oxygens (including phenoxy) is 1. The molecule has 1 amide bonds. The van der Waals surface area contributed by atoms with Gasteiger partial charge in [-0.1, -0.05) is 6.92 Å². The third-order valence-corrected chi connectivity index (χ3v) is 5.89. The molecular weight excluding hydrogens is 266 g/mol. The zero-order chi connectivity index (χ0) is 15.0. The SMILES string of the molecule is CCCC(=O)N[C@@H]1C2C[C@@H]3CC(C[C@H](C2)C3)[C@@H]1C(=O)OC. The first-order valence-corrected chi connectivity index (χ1v) is 8.49. The van der Waals surface area contributed by atoms with Gasteiger partial charge in [0.25, 0.3) is 0 Å². The number of carbonyl (C=O) groups is 2. The van der Waals surface area contributed by atoms with Gasteiger partial charge in [-0.25, -0.2) is 0 Å². The predicted molar refractivity (Wildman–Crippen MR) is 79.4 cm³/mol. The first-order valence-electron chi connectivity index (χ1n) is 8.49. The number of amides is 1. The average molecular weight is 293 g/mol. The maximum Gasteiger partial charge on any atom is 0.311 e. The molecule has 0 saturated heterocycles. The summed E-state index contributed by atoms with van der Waals surface area (Å²) < 4.78 is 5.09.